The van der Waals surface area contributed by atoms with Crippen LogP contribution in [0.5, 0.6) is 5.88 Å². The highest BCUT2D eigenvalue weighted by molar-refractivity contribution is 6.05. The van der Waals surface area contributed by atoms with Crippen molar-refractivity contribution in [2.45, 2.75) is 12.8 Å². The summed E-state index contributed by atoms with van der Waals surface area (Å²) < 4.78 is 4.97. The number of carbonyl (C=O) groups is 2. The molecular formula is C16H15N3O3. The number of rotatable bonds is 3. The lowest BCUT2D eigenvalue weighted by atomic mass is 10.00. The Morgan fingerprint density at radius 1 is 1.27 bits per heavy atom. The molecule has 112 valence electrons. The number of carbonyl (C=O) groups excluding carboxylic acids is 2. The summed E-state index contributed by atoms with van der Waals surface area (Å²) in [5.41, 5.74) is 2.89. The molecule has 0 unspecified atom stereocenters. The second-order valence-electron chi connectivity index (χ2n) is 4.96. The van der Waals surface area contributed by atoms with Crippen molar-refractivity contribution in [2.24, 2.45) is 0 Å². The number of nitrogens with zero attached hydrogens (tertiary/aromatic N) is 1. The predicted octanol–water partition coefficient (Wildman–Crippen LogP) is 2.23. The van der Waals surface area contributed by atoms with Crippen molar-refractivity contribution in [3.63, 3.8) is 0 Å². The zero-order valence-electron chi connectivity index (χ0n) is 12.1. The van der Waals surface area contributed by atoms with Gasteiger partial charge in [-0.3, -0.25) is 9.59 Å². The van der Waals surface area contributed by atoms with Gasteiger partial charge in [0.2, 0.25) is 11.8 Å². The molecule has 2 heterocycles. The van der Waals surface area contributed by atoms with Gasteiger partial charge in [-0.05, 0) is 36.2 Å². The van der Waals surface area contributed by atoms with Gasteiger partial charge < -0.3 is 15.4 Å². The highest BCUT2D eigenvalue weighted by atomic mass is 16.5. The second kappa shape index (κ2) is 5.85. The summed E-state index contributed by atoms with van der Waals surface area (Å²) >= 11 is 0. The molecule has 1 aromatic heterocycles. The Labute approximate surface area is 127 Å². The molecule has 0 spiro atoms. The average molecular weight is 297 g/mol. The van der Waals surface area contributed by atoms with Crippen molar-refractivity contribution < 1.29 is 14.3 Å². The molecule has 3 rings (SSSR count). The largest absolute Gasteiger partial charge is 0.481 e. The van der Waals surface area contributed by atoms with E-state index in [0.717, 1.165) is 11.3 Å². The van der Waals surface area contributed by atoms with Crippen molar-refractivity contribution in [2.75, 3.05) is 17.7 Å². The van der Waals surface area contributed by atoms with Crippen molar-refractivity contribution in [1.29, 1.82) is 0 Å². The molecule has 2 N–H and O–H groups in total. The molecule has 2 amide bonds. The number of pyridine rings is 1. The number of amides is 2. The smallest absolute Gasteiger partial charge is 0.255 e. The highest BCUT2D eigenvalue weighted by Gasteiger charge is 2.16. The number of methoxy groups -OCH3 is 1. The quantitative estimate of drug-likeness (QED) is 0.910. The van der Waals surface area contributed by atoms with Crippen LogP contribution >= 0.6 is 0 Å². The minimum absolute atomic E-state index is 0.00834. The molecule has 0 saturated heterocycles. The topological polar surface area (TPSA) is 80.3 Å². The summed E-state index contributed by atoms with van der Waals surface area (Å²) in [7, 11) is 1.53. The van der Waals surface area contributed by atoms with E-state index in [1.807, 2.05) is 0 Å². The van der Waals surface area contributed by atoms with Gasteiger partial charge >= 0.3 is 0 Å². The van der Waals surface area contributed by atoms with Gasteiger partial charge in [-0.25, -0.2) is 4.98 Å². The van der Waals surface area contributed by atoms with Crippen LogP contribution in [0.25, 0.3) is 0 Å². The molecule has 0 atom stereocenters. The molecule has 0 aliphatic carbocycles. The number of ether oxygens (including phenoxy) is 1. The van der Waals surface area contributed by atoms with Crippen LogP contribution in [0.2, 0.25) is 0 Å². The van der Waals surface area contributed by atoms with Crippen molar-refractivity contribution in [3.05, 3.63) is 47.7 Å². The average Bonchev–Trinajstić information content (AvgIpc) is 2.55. The highest BCUT2D eigenvalue weighted by Crippen LogP contribution is 2.24. The maximum Gasteiger partial charge on any atom is 0.255 e. The molecule has 6 nitrogen and oxygen atoms in total. The number of aromatic nitrogens is 1. The van der Waals surface area contributed by atoms with Crippen LogP contribution < -0.4 is 15.4 Å². The molecule has 0 bridgehead atoms. The number of benzene rings is 1. The van der Waals surface area contributed by atoms with E-state index in [2.05, 4.69) is 15.6 Å². The normalized spacial score (nSPS) is 13.0. The Morgan fingerprint density at radius 3 is 2.86 bits per heavy atom. The third-order valence-corrected chi connectivity index (χ3v) is 3.47. The molecule has 22 heavy (non-hydrogen) atoms. The minimum atomic E-state index is -0.216. The van der Waals surface area contributed by atoms with Crippen LogP contribution in [-0.4, -0.2) is 23.9 Å². The molecule has 0 fully saturated rings. The van der Waals surface area contributed by atoms with Crippen LogP contribution in [0.1, 0.15) is 22.3 Å². The Bertz CT molecular complexity index is 726. The molecule has 1 aromatic carbocycles. The number of hydrogen-bond donors (Lipinski definition) is 2. The fraction of sp³-hybridized carbons (Fsp3) is 0.188. The van der Waals surface area contributed by atoms with Crippen molar-refractivity contribution in [1.82, 2.24) is 4.98 Å². The van der Waals surface area contributed by atoms with Crippen LogP contribution in [0, 0.1) is 0 Å². The molecule has 0 saturated carbocycles. The number of nitrogens with one attached hydrogen (secondary N) is 2. The van der Waals surface area contributed by atoms with Gasteiger partial charge in [0, 0.05) is 23.7 Å². The Kier molecular flexibility index (Phi) is 3.74. The van der Waals surface area contributed by atoms with E-state index < -0.39 is 0 Å². The fourth-order valence-electron chi connectivity index (χ4n) is 2.30. The van der Waals surface area contributed by atoms with Crippen LogP contribution in [0.3, 0.4) is 0 Å². The summed E-state index contributed by atoms with van der Waals surface area (Å²) in [6, 6.07) is 8.66. The zero-order valence-corrected chi connectivity index (χ0v) is 12.1. The van der Waals surface area contributed by atoms with Crippen molar-refractivity contribution >= 4 is 23.2 Å². The Hall–Kier alpha value is -2.89. The summed E-state index contributed by atoms with van der Waals surface area (Å²) in [5, 5.41) is 5.57. The summed E-state index contributed by atoms with van der Waals surface area (Å²) in [5.74, 6) is 0.281. The van der Waals surface area contributed by atoms with Gasteiger partial charge in [0.25, 0.3) is 5.91 Å². The first-order chi connectivity index (χ1) is 10.7. The van der Waals surface area contributed by atoms with Crippen LogP contribution in [0.15, 0.2) is 36.5 Å². The monoisotopic (exact) mass is 297 g/mol. The third-order valence-electron chi connectivity index (χ3n) is 3.47. The lowest BCUT2D eigenvalue weighted by Gasteiger charge is -2.17. The number of aryl methyl sites for hydroxylation is 1. The van der Waals surface area contributed by atoms with E-state index in [4.69, 9.17) is 4.74 Å². The first kappa shape index (κ1) is 14.1. The first-order valence-corrected chi connectivity index (χ1v) is 6.90. The number of fused-ring (bicyclic) bond motifs is 1. The summed E-state index contributed by atoms with van der Waals surface area (Å²) in [6.45, 7) is 0. The van der Waals surface area contributed by atoms with Crippen LogP contribution in [-0.2, 0) is 11.2 Å². The van der Waals surface area contributed by atoms with Crippen LogP contribution in [0.4, 0.5) is 11.4 Å². The fourth-order valence-corrected chi connectivity index (χ4v) is 2.30. The Morgan fingerprint density at radius 2 is 2.14 bits per heavy atom. The second-order valence-corrected chi connectivity index (χ2v) is 4.96. The summed E-state index contributed by atoms with van der Waals surface area (Å²) in [6.07, 6.45) is 2.63. The lowest BCUT2D eigenvalue weighted by molar-refractivity contribution is -0.116. The van der Waals surface area contributed by atoms with E-state index >= 15 is 0 Å². The molecule has 0 radical (unpaired) electrons. The number of hydrogen-bond acceptors (Lipinski definition) is 4. The van der Waals surface area contributed by atoms with Gasteiger partial charge in [-0.1, -0.05) is 0 Å². The van der Waals surface area contributed by atoms with Gasteiger partial charge in [0.1, 0.15) is 0 Å². The number of anilines is 2. The van der Waals surface area contributed by atoms with E-state index in [1.165, 1.54) is 13.3 Å². The SMILES string of the molecule is COc1ccc(NC(=O)c2ccc3c(c2)CCC(=O)N3)cn1. The molecule has 6 heteroatoms. The predicted molar refractivity (Wildman–Crippen MR) is 82.1 cm³/mol. The van der Waals surface area contributed by atoms with Gasteiger partial charge in [-0.15, -0.1) is 0 Å². The maximum absolute atomic E-state index is 12.3. The zero-order chi connectivity index (χ0) is 15.5. The Balaban J connectivity index is 1.76. The van der Waals surface area contributed by atoms with E-state index in [0.29, 0.717) is 30.0 Å². The molecular weight excluding hydrogens is 282 g/mol. The molecule has 1 aliphatic rings. The standard InChI is InChI=1S/C16H15N3O3/c1-22-15-7-4-12(9-17-15)18-16(21)11-2-5-13-10(8-11)3-6-14(20)19-13/h2,4-5,7-9H,3,6H2,1H3,(H,18,21)(H,19,20). The van der Waals surface area contributed by atoms with Gasteiger partial charge in [0.05, 0.1) is 19.0 Å². The van der Waals surface area contributed by atoms with E-state index in [-0.39, 0.29) is 11.8 Å². The first-order valence-electron chi connectivity index (χ1n) is 6.90. The van der Waals surface area contributed by atoms with Gasteiger partial charge in [-0.2, -0.15) is 0 Å². The minimum Gasteiger partial charge on any atom is -0.481 e. The van der Waals surface area contributed by atoms with Gasteiger partial charge in [0.15, 0.2) is 0 Å². The molecule has 2 aromatic rings. The molecule has 1 aliphatic heterocycles. The summed E-state index contributed by atoms with van der Waals surface area (Å²) in [4.78, 5) is 27.6. The van der Waals surface area contributed by atoms with E-state index in [1.54, 1.807) is 30.3 Å². The third kappa shape index (κ3) is 2.90. The maximum atomic E-state index is 12.3. The lowest BCUT2D eigenvalue weighted by Crippen LogP contribution is -2.20. The van der Waals surface area contributed by atoms with Crippen molar-refractivity contribution in [3.8, 4) is 5.88 Å². The van der Waals surface area contributed by atoms with E-state index in [9.17, 15) is 9.59 Å².